The molecule has 14 heavy (non-hydrogen) atoms. The summed E-state index contributed by atoms with van der Waals surface area (Å²) in [5.41, 5.74) is 0. The third-order valence-corrected chi connectivity index (χ3v) is 2.30. The fourth-order valence-electron chi connectivity index (χ4n) is 1.53. The highest BCUT2D eigenvalue weighted by Crippen LogP contribution is 2.17. The van der Waals surface area contributed by atoms with Gasteiger partial charge in [0.15, 0.2) is 0 Å². The molecule has 2 N–H and O–H groups in total. The zero-order valence-corrected chi connectivity index (χ0v) is 8.55. The SMILES string of the molecule is CCOC1COC(COC)[C@@H](O)C1O. The third-order valence-electron chi connectivity index (χ3n) is 2.30. The summed E-state index contributed by atoms with van der Waals surface area (Å²) in [6, 6.07) is 0. The first-order valence-electron chi connectivity index (χ1n) is 4.79. The molecule has 1 aliphatic heterocycles. The molecule has 1 aliphatic rings. The summed E-state index contributed by atoms with van der Waals surface area (Å²) in [5, 5.41) is 19.3. The van der Waals surface area contributed by atoms with Crippen molar-refractivity contribution in [2.45, 2.75) is 31.3 Å². The molecule has 1 heterocycles. The predicted molar refractivity (Wildman–Crippen MR) is 49.0 cm³/mol. The average molecular weight is 206 g/mol. The number of hydrogen-bond donors (Lipinski definition) is 2. The summed E-state index contributed by atoms with van der Waals surface area (Å²) >= 11 is 0. The van der Waals surface area contributed by atoms with Crippen LogP contribution in [0, 0.1) is 0 Å². The van der Waals surface area contributed by atoms with Gasteiger partial charge in [-0.15, -0.1) is 0 Å². The topological polar surface area (TPSA) is 68.2 Å². The molecule has 0 spiro atoms. The standard InChI is InChI=1S/C9H18O5/c1-3-13-7-5-14-6(4-12-2)8(10)9(7)11/h6-11H,3-5H2,1-2H3/t6?,7?,8-,9?/m1/s1. The van der Waals surface area contributed by atoms with E-state index in [-0.39, 0.29) is 6.61 Å². The first-order valence-corrected chi connectivity index (χ1v) is 4.79. The van der Waals surface area contributed by atoms with Crippen LogP contribution in [0.4, 0.5) is 0 Å². The Morgan fingerprint density at radius 3 is 2.64 bits per heavy atom. The van der Waals surface area contributed by atoms with Crippen LogP contribution in [0.25, 0.3) is 0 Å². The van der Waals surface area contributed by atoms with Gasteiger partial charge < -0.3 is 24.4 Å². The van der Waals surface area contributed by atoms with Gasteiger partial charge in [0.2, 0.25) is 0 Å². The fourth-order valence-corrected chi connectivity index (χ4v) is 1.53. The maximum atomic E-state index is 9.66. The molecule has 5 heteroatoms. The molecule has 0 amide bonds. The highest BCUT2D eigenvalue weighted by atomic mass is 16.6. The van der Waals surface area contributed by atoms with Crippen molar-refractivity contribution in [3.63, 3.8) is 0 Å². The minimum Gasteiger partial charge on any atom is -0.388 e. The summed E-state index contributed by atoms with van der Waals surface area (Å²) in [5.74, 6) is 0. The number of methoxy groups -OCH3 is 1. The Morgan fingerprint density at radius 2 is 2.07 bits per heavy atom. The van der Waals surface area contributed by atoms with Crippen LogP contribution in [-0.4, -0.2) is 61.6 Å². The smallest absolute Gasteiger partial charge is 0.111 e. The van der Waals surface area contributed by atoms with Crippen LogP contribution in [0.2, 0.25) is 0 Å². The molecule has 84 valence electrons. The number of rotatable bonds is 4. The highest BCUT2D eigenvalue weighted by molar-refractivity contribution is 4.87. The summed E-state index contributed by atoms with van der Waals surface area (Å²) in [6.45, 7) is 2.89. The van der Waals surface area contributed by atoms with E-state index in [1.54, 1.807) is 0 Å². The van der Waals surface area contributed by atoms with Gasteiger partial charge in [-0.05, 0) is 6.92 Å². The van der Waals surface area contributed by atoms with Crippen LogP contribution in [0.1, 0.15) is 6.92 Å². The zero-order chi connectivity index (χ0) is 10.6. The van der Waals surface area contributed by atoms with Gasteiger partial charge in [-0.25, -0.2) is 0 Å². The van der Waals surface area contributed by atoms with Crippen molar-refractivity contribution in [2.75, 3.05) is 26.9 Å². The van der Waals surface area contributed by atoms with Crippen LogP contribution in [0.3, 0.4) is 0 Å². The van der Waals surface area contributed by atoms with Crippen molar-refractivity contribution in [1.29, 1.82) is 0 Å². The monoisotopic (exact) mass is 206 g/mol. The number of aliphatic hydroxyl groups is 2. The molecular weight excluding hydrogens is 188 g/mol. The minimum absolute atomic E-state index is 0.275. The molecule has 0 radical (unpaired) electrons. The number of aliphatic hydroxyl groups excluding tert-OH is 2. The molecule has 5 nitrogen and oxygen atoms in total. The molecule has 1 saturated heterocycles. The molecule has 4 atom stereocenters. The lowest BCUT2D eigenvalue weighted by Gasteiger charge is -2.36. The van der Waals surface area contributed by atoms with Crippen LogP contribution in [0.5, 0.6) is 0 Å². The van der Waals surface area contributed by atoms with Gasteiger partial charge in [0, 0.05) is 13.7 Å². The first kappa shape index (κ1) is 11.9. The van der Waals surface area contributed by atoms with E-state index < -0.39 is 24.4 Å². The largest absolute Gasteiger partial charge is 0.388 e. The molecule has 0 bridgehead atoms. The van der Waals surface area contributed by atoms with Crippen molar-refractivity contribution < 1.29 is 24.4 Å². The Labute approximate surface area is 83.6 Å². The Hall–Kier alpha value is -0.200. The van der Waals surface area contributed by atoms with Gasteiger partial charge in [-0.2, -0.15) is 0 Å². The zero-order valence-electron chi connectivity index (χ0n) is 8.55. The molecule has 1 rings (SSSR count). The van der Waals surface area contributed by atoms with E-state index in [1.807, 2.05) is 6.92 Å². The van der Waals surface area contributed by atoms with Crippen molar-refractivity contribution in [1.82, 2.24) is 0 Å². The Bertz CT molecular complexity index is 145. The number of ether oxygens (including phenoxy) is 3. The van der Waals surface area contributed by atoms with Crippen LogP contribution in [-0.2, 0) is 14.2 Å². The maximum Gasteiger partial charge on any atom is 0.111 e. The Balaban J connectivity index is 2.46. The number of hydrogen-bond acceptors (Lipinski definition) is 5. The molecule has 1 fully saturated rings. The van der Waals surface area contributed by atoms with E-state index in [0.717, 1.165) is 0 Å². The van der Waals surface area contributed by atoms with Gasteiger partial charge >= 0.3 is 0 Å². The Kier molecular flexibility index (Phi) is 4.77. The van der Waals surface area contributed by atoms with Gasteiger partial charge in [-0.3, -0.25) is 0 Å². The normalized spacial score (nSPS) is 38.6. The maximum absolute atomic E-state index is 9.66. The average Bonchev–Trinajstić information content (AvgIpc) is 2.18. The Morgan fingerprint density at radius 1 is 1.36 bits per heavy atom. The van der Waals surface area contributed by atoms with Gasteiger partial charge in [-0.1, -0.05) is 0 Å². The second-order valence-electron chi connectivity index (χ2n) is 3.30. The van der Waals surface area contributed by atoms with Crippen molar-refractivity contribution in [3.05, 3.63) is 0 Å². The van der Waals surface area contributed by atoms with E-state index in [0.29, 0.717) is 13.2 Å². The lowest BCUT2D eigenvalue weighted by Crippen LogP contribution is -2.55. The second kappa shape index (κ2) is 5.63. The molecule has 3 unspecified atom stereocenters. The molecule has 0 aromatic rings. The molecule has 0 aromatic heterocycles. The summed E-state index contributed by atoms with van der Waals surface area (Å²) in [7, 11) is 1.52. The molecule has 0 saturated carbocycles. The van der Waals surface area contributed by atoms with E-state index in [1.165, 1.54) is 7.11 Å². The van der Waals surface area contributed by atoms with Crippen LogP contribution < -0.4 is 0 Å². The fraction of sp³-hybridized carbons (Fsp3) is 1.00. The second-order valence-corrected chi connectivity index (χ2v) is 3.30. The van der Waals surface area contributed by atoms with E-state index in [9.17, 15) is 10.2 Å². The van der Waals surface area contributed by atoms with Gasteiger partial charge in [0.05, 0.1) is 13.2 Å². The summed E-state index contributed by atoms with van der Waals surface area (Å²) < 4.78 is 15.4. The molecular formula is C9H18O5. The molecule has 0 aromatic carbocycles. The van der Waals surface area contributed by atoms with Crippen molar-refractivity contribution in [2.24, 2.45) is 0 Å². The van der Waals surface area contributed by atoms with Crippen LogP contribution >= 0.6 is 0 Å². The lowest BCUT2D eigenvalue weighted by atomic mass is 10.0. The van der Waals surface area contributed by atoms with E-state index in [2.05, 4.69) is 0 Å². The highest BCUT2D eigenvalue weighted by Gasteiger charge is 2.38. The first-order chi connectivity index (χ1) is 6.70. The van der Waals surface area contributed by atoms with Crippen LogP contribution in [0.15, 0.2) is 0 Å². The molecule has 0 aliphatic carbocycles. The van der Waals surface area contributed by atoms with Crippen molar-refractivity contribution in [3.8, 4) is 0 Å². The minimum atomic E-state index is -0.944. The summed E-state index contributed by atoms with van der Waals surface area (Å²) in [4.78, 5) is 0. The van der Waals surface area contributed by atoms with Gasteiger partial charge in [0.25, 0.3) is 0 Å². The summed E-state index contributed by atoms with van der Waals surface area (Å²) in [6.07, 6.45) is -2.75. The lowest BCUT2D eigenvalue weighted by molar-refractivity contribution is -0.209. The van der Waals surface area contributed by atoms with Gasteiger partial charge in [0.1, 0.15) is 24.4 Å². The third kappa shape index (κ3) is 2.65. The predicted octanol–water partition coefficient (Wildman–Crippen LogP) is -0.842. The quantitative estimate of drug-likeness (QED) is 0.627. The van der Waals surface area contributed by atoms with E-state index >= 15 is 0 Å². The van der Waals surface area contributed by atoms with E-state index in [4.69, 9.17) is 14.2 Å². The van der Waals surface area contributed by atoms with Crippen molar-refractivity contribution >= 4 is 0 Å².